The maximum absolute atomic E-state index is 11.8. The molecule has 3 nitrogen and oxygen atoms in total. The topological polar surface area (TPSA) is 39.2 Å². The van der Waals surface area contributed by atoms with Gasteiger partial charge in [-0.3, -0.25) is 4.98 Å². The number of rotatable bonds is 2. The van der Waals surface area contributed by atoms with Crippen LogP contribution in [0.1, 0.15) is 55.3 Å². The van der Waals surface area contributed by atoms with Crippen molar-refractivity contribution in [3.8, 4) is 0 Å². The predicted molar refractivity (Wildman–Crippen MR) is 65.8 cm³/mol. The lowest BCUT2D eigenvalue weighted by Crippen LogP contribution is -2.19. The molecule has 0 bridgehead atoms. The van der Waals surface area contributed by atoms with Gasteiger partial charge in [-0.05, 0) is 37.8 Å². The SMILES string of the molecule is O=C(OC1CCCCCCC1)c1cccnc1. The summed E-state index contributed by atoms with van der Waals surface area (Å²) < 4.78 is 5.53. The molecule has 0 radical (unpaired) electrons. The zero-order valence-electron chi connectivity index (χ0n) is 10.1. The molecule has 1 saturated carbocycles. The summed E-state index contributed by atoms with van der Waals surface area (Å²) >= 11 is 0. The number of carbonyl (C=O) groups excluding carboxylic acids is 1. The number of esters is 1. The molecule has 0 N–H and O–H groups in total. The summed E-state index contributed by atoms with van der Waals surface area (Å²) in [5.41, 5.74) is 0.551. The summed E-state index contributed by atoms with van der Waals surface area (Å²) in [5.74, 6) is -0.233. The number of hydrogen-bond acceptors (Lipinski definition) is 3. The first-order valence-electron chi connectivity index (χ1n) is 6.47. The fraction of sp³-hybridized carbons (Fsp3) is 0.571. The molecule has 1 aromatic rings. The van der Waals surface area contributed by atoms with Gasteiger partial charge < -0.3 is 4.74 Å². The predicted octanol–water partition coefficient (Wildman–Crippen LogP) is 3.35. The summed E-state index contributed by atoms with van der Waals surface area (Å²) in [7, 11) is 0. The van der Waals surface area contributed by atoms with E-state index >= 15 is 0 Å². The van der Waals surface area contributed by atoms with Crippen molar-refractivity contribution in [3.63, 3.8) is 0 Å². The molecule has 0 atom stereocenters. The monoisotopic (exact) mass is 233 g/mol. The van der Waals surface area contributed by atoms with Crippen LogP contribution in [-0.2, 0) is 4.74 Å². The Morgan fingerprint density at radius 1 is 1.18 bits per heavy atom. The largest absolute Gasteiger partial charge is 0.459 e. The first-order chi connectivity index (χ1) is 8.36. The third kappa shape index (κ3) is 3.84. The van der Waals surface area contributed by atoms with Crippen LogP contribution in [-0.4, -0.2) is 17.1 Å². The number of pyridine rings is 1. The van der Waals surface area contributed by atoms with Crippen molar-refractivity contribution >= 4 is 5.97 Å². The average molecular weight is 233 g/mol. The molecule has 0 aliphatic heterocycles. The van der Waals surface area contributed by atoms with Gasteiger partial charge in [-0.15, -0.1) is 0 Å². The van der Waals surface area contributed by atoms with Crippen LogP contribution in [0.25, 0.3) is 0 Å². The molecular weight excluding hydrogens is 214 g/mol. The molecule has 1 aliphatic rings. The van der Waals surface area contributed by atoms with Crippen LogP contribution in [0.2, 0.25) is 0 Å². The second-order valence-corrected chi connectivity index (χ2v) is 4.61. The van der Waals surface area contributed by atoms with Crippen LogP contribution in [0.5, 0.6) is 0 Å². The van der Waals surface area contributed by atoms with Crippen molar-refractivity contribution in [3.05, 3.63) is 30.1 Å². The molecule has 1 fully saturated rings. The molecule has 0 saturated heterocycles. The van der Waals surface area contributed by atoms with E-state index in [1.807, 2.05) is 0 Å². The van der Waals surface area contributed by atoms with Crippen LogP contribution in [0.3, 0.4) is 0 Å². The van der Waals surface area contributed by atoms with E-state index in [1.165, 1.54) is 32.1 Å². The van der Waals surface area contributed by atoms with Crippen molar-refractivity contribution < 1.29 is 9.53 Å². The Morgan fingerprint density at radius 2 is 1.88 bits per heavy atom. The zero-order chi connectivity index (χ0) is 11.9. The van der Waals surface area contributed by atoms with E-state index in [1.54, 1.807) is 24.5 Å². The third-order valence-electron chi connectivity index (χ3n) is 3.22. The quantitative estimate of drug-likeness (QED) is 0.735. The van der Waals surface area contributed by atoms with Gasteiger partial charge in [0.25, 0.3) is 0 Å². The minimum absolute atomic E-state index is 0.100. The Balaban J connectivity index is 1.88. The number of carbonyl (C=O) groups is 1. The Hall–Kier alpha value is -1.38. The highest BCUT2D eigenvalue weighted by atomic mass is 16.5. The van der Waals surface area contributed by atoms with Gasteiger partial charge in [0.05, 0.1) is 5.56 Å². The highest BCUT2D eigenvalue weighted by Gasteiger charge is 2.16. The zero-order valence-corrected chi connectivity index (χ0v) is 10.1. The molecule has 17 heavy (non-hydrogen) atoms. The Morgan fingerprint density at radius 3 is 2.53 bits per heavy atom. The van der Waals surface area contributed by atoms with Crippen molar-refractivity contribution in [2.75, 3.05) is 0 Å². The number of nitrogens with zero attached hydrogens (tertiary/aromatic N) is 1. The van der Waals surface area contributed by atoms with Crippen molar-refractivity contribution in [1.82, 2.24) is 4.98 Å². The summed E-state index contributed by atoms with van der Waals surface area (Å²) in [6.45, 7) is 0. The fourth-order valence-electron chi connectivity index (χ4n) is 2.24. The van der Waals surface area contributed by atoms with Crippen molar-refractivity contribution in [2.45, 2.75) is 51.0 Å². The molecule has 2 rings (SSSR count). The third-order valence-corrected chi connectivity index (χ3v) is 3.22. The van der Waals surface area contributed by atoms with E-state index < -0.39 is 0 Å². The second kappa shape index (κ2) is 6.38. The van der Waals surface area contributed by atoms with E-state index in [0.29, 0.717) is 5.56 Å². The molecular formula is C14H19NO2. The first kappa shape index (κ1) is 12.1. The summed E-state index contributed by atoms with van der Waals surface area (Å²) in [6, 6.07) is 3.51. The van der Waals surface area contributed by atoms with Gasteiger partial charge in [0, 0.05) is 12.4 Å². The molecule has 0 aromatic carbocycles. The summed E-state index contributed by atoms with van der Waals surface area (Å²) in [6.07, 6.45) is 11.5. The van der Waals surface area contributed by atoms with Gasteiger partial charge in [0.15, 0.2) is 0 Å². The van der Waals surface area contributed by atoms with Gasteiger partial charge in [-0.25, -0.2) is 4.79 Å². The molecule has 1 heterocycles. The standard InChI is InChI=1S/C14H19NO2/c16-14(12-7-6-10-15-11-12)17-13-8-4-2-1-3-5-9-13/h6-7,10-11,13H,1-5,8-9H2. The van der Waals surface area contributed by atoms with Crippen LogP contribution in [0.4, 0.5) is 0 Å². The normalized spacial score (nSPS) is 18.1. The molecule has 0 unspecified atom stereocenters. The van der Waals surface area contributed by atoms with Crippen LogP contribution in [0, 0.1) is 0 Å². The minimum Gasteiger partial charge on any atom is -0.459 e. The van der Waals surface area contributed by atoms with E-state index in [-0.39, 0.29) is 12.1 Å². The van der Waals surface area contributed by atoms with Crippen LogP contribution < -0.4 is 0 Å². The first-order valence-corrected chi connectivity index (χ1v) is 6.47. The molecule has 92 valence electrons. The smallest absolute Gasteiger partial charge is 0.339 e. The maximum Gasteiger partial charge on any atom is 0.339 e. The lowest BCUT2D eigenvalue weighted by molar-refractivity contribution is 0.0239. The molecule has 1 aromatic heterocycles. The lowest BCUT2D eigenvalue weighted by Gasteiger charge is -2.20. The van der Waals surface area contributed by atoms with Crippen molar-refractivity contribution in [1.29, 1.82) is 0 Å². The number of hydrogen-bond donors (Lipinski definition) is 0. The van der Waals surface area contributed by atoms with Gasteiger partial charge in [-0.2, -0.15) is 0 Å². The van der Waals surface area contributed by atoms with Crippen LogP contribution in [0.15, 0.2) is 24.5 Å². The maximum atomic E-state index is 11.8. The Labute approximate surface area is 102 Å². The van der Waals surface area contributed by atoms with Gasteiger partial charge in [0.1, 0.15) is 6.10 Å². The number of aromatic nitrogens is 1. The molecule has 0 amide bonds. The average Bonchev–Trinajstić information content (AvgIpc) is 2.33. The Kier molecular flexibility index (Phi) is 4.54. The summed E-state index contributed by atoms with van der Waals surface area (Å²) in [5, 5.41) is 0. The number of ether oxygens (including phenoxy) is 1. The lowest BCUT2D eigenvalue weighted by atomic mass is 9.98. The Bertz CT molecular complexity index is 342. The van der Waals surface area contributed by atoms with E-state index in [9.17, 15) is 4.79 Å². The fourth-order valence-corrected chi connectivity index (χ4v) is 2.24. The van der Waals surface area contributed by atoms with Crippen LogP contribution >= 0.6 is 0 Å². The van der Waals surface area contributed by atoms with E-state index in [2.05, 4.69) is 4.98 Å². The molecule has 3 heteroatoms. The highest BCUT2D eigenvalue weighted by molar-refractivity contribution is 5.89. The second-order valence-electron chi connectivity index (χ2n) is 4.61. The highest BCUT2D eigenvalue weighted by Crippen LogP contribution is 2.20. The molecule has 0 spiro atoms. The minimum atomic E-state index is -0.233. The summed E-state index contributed by atoms with van der Waals surface area (Å²) in [4.78, 5) is 15.8. The van der Waals surface area contributed by atoms with Gasteiger partial charge >= 0.3 is 5.97 Å². The van der Waals surface area contributed by atoms with E-state index in [0.717, 1.165) is 12.8 Å². The van der Waals surface area contributed by atoms with Gasteiger partial charge in [0.2, 0.25) is 0 Å². The van der Waals surface area contributed by atoms with Gasteiger partial charge in [-0.1, -0.05) is 19.3 Å². The van der Waals surface area contributed by atoms with Crippen molar-refractivity contribution in [2.24, 2.45) is 0 Å². The molecule has 1 aliphatic carbocycles. The van der Waals surface area contributed by atoms with E-state index in [4.69, 9.17) is 4.74 Å².